The molecule has 1 spiro atoms. The van der Waals surface area contributed by atoms with Gasteiger partial charge in [-0.1, -0.05) is 18.2 Å². The van der Waals surface area contributed by atoms with Crippen LogP contribution in [0.4, 0.5) is 5.95 Å². The van der Waals surface area contributed by atoms with Crippen molar-refractivity contribution in [2.24, 2.45) is 11.1 Å². The summed E-state index contributed by atoms with van der Waals surface area (Å²) in [5, 5.41) is 0. The van der Waals surface area contributed by atoms with Crippen LogP contribution in [0, 0.1) is 19.3 Å². The zero-order chi connectivity index (χ0) is 20.0. The van der Waals surface area contributed by atoms with Crippen molar-refractivity contribution in [1.82, 2.24) is 19.4 Å². The Morgan fingerprint density at radius 2 is 1.90 bits per heavy atom. The lowest BCUT2D eigenvalue weighted by Gasteiger charge is -2.42. The Bertz CT molecular complexity index is 1040. The molecule has 6 nitrogen and oxygen atoms in total. The molecule has 4 heterocycles. The Hall–Kier alpha value is -2.12. The van der Waals surface area contributed by atoms with E-state index < -0.39 is 0 Å². The molecule has 2 aliphatic rings. The lowest BCUT2D eigenvalue weighted by Crippen LogP contribution is -2.47. The minimum atomic E-state index is 0.358. The Morgan fingerprint density at radius 1 is 1.07 bits per heavy atom. The number of rotatable bonds is 3. The fraction of sp³-hybridized carbons (Fsp3) is 0.500. The average Bonchev–Trinajstić information content (AvgIpc) is 3.35. The van der Waals surface area contributed by atoms with Crippen LogP contribution in [-0.2, 0) is 0 Å². The van der Waals surface area contributed by atoms with Crippen molar-refractivity contribution >= 4 is 23.4 Å². The van der Waals surface area contributed by atoms with E-state index in [-0.39, 0.29) is 0 Å². The molecular weight excluding hydrogens is 380 g/mol. The van der Waals surface area contributed by atoms with Crippen molar-refractivity contribution in [1.29, 1.82) is 0 Å². The lowest BCUT2D eigenvalue weighted by atomic mass is 9.74. The van der Waals surface area contributed by atoms with Gasteiger partial charge in [0.05, 0.1) is 4.90 Å². The number of nitrogens with two attached hydrogens (primary N) is 1. The maximum atomic E-state index is 6.46. The Morgan fingerprint density at radius 3 is 2.66 bits per heavy atom. The number of nitrogens with zero attached hydrogens (tertiary/aromatic N) is 5. The highest BCUT2D eigenvalue weighted by Gasteiger charge is 2.43. The quantitative estimate of drug-likeness (QED) is 0.706. The number of hydrogen-bond donors (Lipinski definition) is 1. The molecule has 0 unspecified atom stereocenters. The monoisotopic (exact) mass is 408 g/mol. The fourth-order valence-corrected chi connectivity index (χ4v) is 5.99. The van der Waals surface area contributed by atoms with Crippen molar-refractivity contribution in [3.05, 3.63) is 42.1 Å². The van der Waals surface area contributed by atoms with E-state index in [2.05, 4.69) is 32.3 Å². The van der Waals surface area contributed by atoms with Gasteiger partial charge in [-0.25, -0.2) is 9.97 Å². The molecule has 2 fully saturated rings. The van der Waals surface area contributed by atoms with Crippen molar-refractivity contribution < 1.29 is 0 Å². The van der Waals surface area contributed by atoms with Gasteiger partial charge in [0.25, 0.3) is 0 Å². The minimum absolute atomic E-state index is 0.358. The maximum Gasteiger partial charge on any atom is 0.211 e. The molecule has 0 aromatic carbocycles. The SMILES string of the molecule is Cc1nccc(Sc2cnc(N3CCC4(CCC[C@H]4N)CC3)n3ccnc23)c1C. The summed E-state index contributed by atoms with van der Waals surface area (Å²) >= 11 is 1.71. The van der Waals surface area contributed by atoms with Crippen LogP contribution in [0.3, 0.4) is 0 Å². The summed E-state index contributed by atoms with van der Waals surface area (Å²) in [6.45, 7) is 6.20. The van der Waals surface area contributed by atoms with Gasteiger partial charge in [0.2, 0.25) is 5.95 Å². The van der Waals surface area contributed by atoms with Crippen LogP contribution in [-0.4, -0.2) is 38.5 Å². The van der Waals surface area contributed by atoms with Crippen LogP contribution in [0.25, 0.3) is 5.65 Å². The molecule has 1 atom stereocenters. The molecule has 3 aromatic rings. The fourth-order valence-electron chi connectivity index (χ4n) is 4.97. The maximum absolute atomic E-state index is 6.46. The summed E-state index contributed by atoms with van der Waals surface area (Å²) in [5.41, 5.74) is 10.1. The summed E-state index contributed by atoms with van der Waals surface area (Å²) in [6.07, 6.45) is 13.8. The largest absolute Gasteiger partial charge is 0.342 e. The third kappa shape index (κ3) is 3.20. The van der Waals surface area contributed by atoms with E-state index in [0.717, 1.165) is 48.1 Å². The van der Waals surface area contributed by atoms with E-state index >= 15 is 0 Å². The number of imidazole rings is 1. The predicted molar refractivity (Wildman–Crippen MR) is 117 cm³/mol. The first kappa shape index (κ1) is 18.9. The van der Waals surface area contributed by atoms with E-state index in [0.29, 0.717) is 11.5 Å². The van der Waals surface area contributed by atoms with Gasteiger partial charge in [0.15, 0.2) is 5.65 Å². The predicted octanol–water partition coefficient (Wildman–Crippen LogP) is 3.99. The highest BCUT2D eigenvalue weighted by atomic mass is 32.2. The number of pyridine rings is 1. The van der Waals surface area contributed by atoms with Crippen LogP contribution in [0.15, 0.2) is 40.6 Å². The summed E-state index contributed by atoms with van der Waals surface area (Å²) in [7, 11) is 0. The Labute approximate surface area is 175 Å². The molecular formula is C22H28N6S. The summed E-state index contributed by atoms with van der Waals surface area (Å²) in [6, 6.07) is 2.44. The zero-order valence-corrected chi connectivity index (χ0v) is 18.0. The number of aryl methyl sites for hydroxylation is 1. The number of hydrogen-bond acceptors (Lipinski definition) is 6. The van der Waals surface area contributed by atoms with Gasteiger partial charge < -0.3 is 10.6 Å². The third-order valence-electron chi connectivity index (χ3n) is 7.02. The van der Waals surface area contributed by atoms with Gasteiger partial charge in [-0.15, -0.1) is 0 Å². The molecule has 3 aromatic heterocycles. The standard InChI is InChI=1S/C22H28N6S/c1-15-16(2)24-9-5-17(15)29-18-14-26-21(28-13-10-25-20(18)28)27-11-7-22(8-12-27)6-3-4-19(22)23/h5,9-10,13-14,19H,3-4,6-8,11-12,23H2,1-2H3/t19-/m1/s1. The van der Waals surface area contributed by atoms with E-state index in [9.17, 15) is 0 Å². The zero-order valence-electron chi connectivity index (χ0n) is 17.1. The number of piperidine rings is 1. The minimum Gasteiger partial charge on any atom is -0.342 e. The summed E-state index contributed by atoms with van der Waals surface area (Å²) < 4.78 is 2.14. The molecule has 7 heteroatoms. The first-order chi connectivity index (χ1) is 14.1. The van der Waals surface area contributed by atoms with Crippen LogP contribution in [0.2, 0.25) is 0 Å². The third-order valence-corrected chi connectivity index (χ3v) is 8.19. The topological polar surface area (TPSA) is 72.3 Å². The molecule has 0 bridgehead atoms. The summed E-state index contributed by atoms with van der Waals surface area (Å²) in [4.78, 5) is 18.6. The van der Waals surface area contributed by atoms with Crippen molar-refractivity contribution in [3.63, 3.8) is 0 Å². The van der Waals surface area contributed by atoms with Gasteiger partial charge in [-0.2, -0.15) is 0 Å². The number of anilines is 1. The molecule has 1 aliphatic carbocycles. The second kappa shape index (κ2) is 7.29. The number of aromatic nitrogens is 4. The first-order valence-electron chi connectivity index (χ1n) is 10.5. The van der Waals surface area contributed by atoms with E-state index in [4.69, 9.17) is 10.7 Å². The van der Waals surface area contributed by atoms with Crippen molar-refractivity contribution in [3.8, 4) is 0 Å². The van der Waals surface area contributed by atoms with Crippen LogP contribution in [0.5, 0.6) is 0 Å². The van der Waals surface area contributed by atoms with E-state index in [1.165, 1.54) is 29.7 Å². The molecule has 29 heavy (non-hydrogen) atoms. The Balaban J connectivity index is 1.42. The lowest BCUT2D eigenvalue weighted by molar-refractivity contribution is 0.197. The molecule has 5 rings (SSSR count). The first-order valence-corrected chi connectivity index (χ1v) is 11.3. The van der Waals surface area contributed by atoms with Crippen molar-refractivity contribution in [2.45, 2.75) is 61.8 Å². The van der Waals surface area contributed by atoms with Crippen molar-refractivity contribution in [2.75, 3.05) is 18.0 Å². The molecule has 1 saturated heterocycles. The normalized spacial score (nSPS) is 21.3. The Kier molecular flexibility index (Phi) is 4.75. The molecule has 2 N–H and O–H groups in total. The number of fused-ring (bicyclic) bond motifs is 1. The van der Waals surface area contributed by atoms with E-state index in [1.54, 1.807) is 11.8 Å². The highest BCUT2D eigenvalue weighted by Crippen LogP contribution is 2.46. The van der Waals surface area contributed by atoms with Crippen LogP contribution >= 0.6 is 11.8 Å². The smallest absolute Gasteiger partial charge is 0.211 e. The molecule has 1 saturated carbocycles. The van der Waals surface area contributed by atoms with Gasteiger partial charge in [-0.05, 0) is 56.6 Å². The van der Waals surface area contributed by atoms with Gasteiger partial charge in [0.1, 0.15) is 0 Å². The molecule has 1 aliphatic heterocycles. The van der Waals surface area contributed by atoms with Crippen LogP contribution in [0.1, 0.15) is 43.4 Å². The second-order valence-corrected chi connectivity index (χ2v) is 9.60. The van der Waals surface area contributed by atoms with Gasteiger partial charge in [-0.3, -0.25) is 9.38 Å². The highest BCUT2D eigenvalue weighted by molar-refractivity contribution is 7.99. The second-order valence-electron chi connectivity index (χ2n) is 8.51. The molecule has 0 radical (unpaired) electrons. The average molecular weight is 409 g/mol. The van der Waals surface area contributed by atoms with E-state index in [1.807, 2.05) is 31.7 Å². The molecule has 152 valence electrons. The van der Waals surface area contributed by atoms with Crippen LogP contribution < -0.4 is 10.6 Å². The van der Waals surface area contributed by atoms with Gasteiger partial charge >= 0.3 is 0 Å². The summed E-state index contributed by atoms with van der Waals surface area (Å²) in [5.74, 6) is 0.992. The molecule has 0 amide bonds. The van der Waals surface area contributed by atoms with Gasteiger partial charge in [0, 0.05) is 54.5 Å².